The molecule has 2 unspecified atom stereocenters. The molecule has 7 heteroatoms. The molecule has 1 aromatic carbocycles. The highest BCUT2D eigenvalue weighted by atomic mass is 35.5. The van der Waals surface area contributed by atoms with E-state index in [0.717, 1.165) is 48.8 Å². The maximum atomic E-state index is 6.31. The maximum absolute atomic E-state index is 6.31. The predicted octanol–water partition coefficient (Wildman–Crippen LogP) is 4.37. The molecule has 2 heterocycles. The first-order chi connectivity index (χ1) is 9.69. The lowest BCUT2D eigenvalue weighted by Gasteiger charge is -2.30. The van der Waals surface area contributed by atoms with E-state index in [9.17, 15) is 0 Å². The molecule has 0 bridgehead atoms. The lowest BCUT2D eigenvalue weighted by molar-refractivity contribution is 0.00927. The number of hydrogen-bond donors (Lipinski definition) is 1. The van der Waals surface area contributed by atoms with Crippen LogP contribution in [-0.2, 0) is 4.74 Å². The quantitative estimate of drug-likeness (QED) is 0.907. The highest BCUT2D eigenvalue weighted by Gasteiger charge is 2.23. The zero-order valence-corrected chi connectivity index (χ0v) is 13.4. The SMILES string of the molecule is CCC1CC(Nc2c(Cl)cc(Cl)c3nsnc23)CCO1. The van der Waals surface area contributed by atoms with Crippen LogP contribution in [0.1, 0.15) is 26.2 Å². The van der Waals surface area contributed by atoms with Crippen LogP contribution in [0.3, 0.4) is 0 Å². The molecule has 0 spiro atoms. The number of anilines is 1. The monoisotopic (exact) mass is 331 g/mol. The molecule has 3 rings (SSSR count). The summed E-state index contributed by atoms with van der Waals surface area (Å²) in [6.45, 7) is 2.92. The molecule has 1 N–H and O–H groups in total. The molecule has 2 aromatic rings. The topological polar surface area (TPSA) is 47.0 Å². The zero-order valence-electron chi connectivity index (χ0n) is 11.0. The van der Waals surface area contributed by atoms with E-state index < -0.39 is 0 Å². The lowest BCUT2D eigenvalue weighted by Crippen LogP contribution is -2.33. The molecular weight excluding hydrogens is 317 g/mol. The molecule has 0 saturated carbocycles. The summed E-state index contributed by atoms with van der Waals surface area (Å²) in [5.41, 5.74) is 2.30. The first kappa shape index (κ1) is 14.3. The van der Waals surface area contributed by atoms with Crippen LogP contribution in [0.5, 0.6) is 0 Å². The molecular formula is C13H15Cl2N3OS. The highest BCUT2D eigenvalue weighted by Crippen LogP contribution is 2.36. The Morgan fingerprint density at radius 2 is 2.15 bits per heavy atom. The minimum absolute atomic E-state index is 0.316. The molecule has 1 aromatic heterocycles. The number of benzene rings is 1. The van der Waals surface area contributed by atoms with Gasteiger partial charge >= 0.3 is 0 Å². The molecule has 1 fully saturated rings. The fourth-order valence-corrected chi connectivity index (χ4v) is 3.68. The van der Waals surface area contributed by atoms with Crippen molar-refractivity contribution in [2.24, 2.45) is 0 Å². The second-order valence-corrected chi connectivity index (χ2v) is 6.29. The van der Waals surface area contributed by atoms with Gasteiger partial charge in [0, 0.05) is 12.6 Å². The maximum Gasteiger partial charge on any atom is 0.130 e. The number of rotatable bonds is 3. The summed E-state index contributed by atoms with van der Waals surface area (Å²) in [6, 6.07) is 2.07. The van der Waals surface area contributed by atoms with Gasteiger partial charge in [-0.1, -0.05) is 30.1 Å². The van der Waals surface area contributed by atoms with Crippen molar-refractivity contribution in [3.8, 4) is 0 Å². The molecule has 1 aliphatic rings. The predicted molar refractivity (Wildman–Crippen MR) is 84.1 cm³/mol. The van der Waals surface area contributed by atoms with E-state index in [1.807, 2.05) is 0 Å². The van der Waals surface area contributed by atoms with Gasteiger partial charge in [-0.15, -0.1) is 0 Å². The number of halogens is 2. The van der Waals surface area contributed by atoms with Gasteiger partial charge in [0.1, 0.15) is 11.0 Å². The molecule has 1 saturated heterocycles. The van der Waals surface area contributed by atoms with Crippen LogP contribution in [0.4, 0.5) is 5.69 Å². The Labute approximate surface area is 131 Å². The van der Waals surface area contributed by atoms with Gasteiger partial charge in [0.25, 0.3) is 0 Å². The Kier molecular flexibility index (Phi) is 4.31. The van der Waals surface area contributed by atoms with E-state index in [4.69, 9.17) is 27.9 Å². The largest absolute Gasteiger partial charge is 0.379 e. The summed E-state index contributed by atoms with van der Waals surface area (Å²) in [4.78, 5) is 0. The van der Waals surface area contributed by atoms with Gasteiger partial charge in [0.15, 0.2) is 0 Å². The smallest absolute Gasteiger partial charge is 0.130 e. The molecule has 108 valence electrons. The fraction of sp³-hybridized carbons (Fsp3) is 0.538. The molecule has 0 aliphatic carbocycles. The third-order valence-corrected chi connectivity index (χ3v) is 4.73. The van der Waals surface area contributed by atoms with E-state index in [1.54, 1.807) is 6.07 Å². The van der Waals surface area contributed by atoms with E-state index in [-0.39, 0.29) is 0 Å². The molecule has 2 atom stereocenters. The van der Waals surface area contributed by atoms with Crippen molar-refractivity contribution < 1.29 is 4.74 Å². The minimum atomic E-state index is 0.316. The van der Waals surface area contributed by atoms with Gasteiger partial charge in [0.2, 0.25) is 0 Å². The zero-order chi connectivity index (χ0) is 14.1. The summed E-state index contributed by atoms with van der Waals surface area (Å²) < 4.78 is 14.2. The van der Waals surface area contributed by atoms with Gasteiger partial charge < -0.3 is 10.1 Å². The summed E-state index contributed by atoms with van der Waals surface area (Å²) in [5, 5.41) is 4.64. The van der Waals surface area contributed by atoms with Crippen LogP contribution in [0.15, 0.2) is 6.07 Å². The van der Waals surface area contributed by atoms with Crippen LogP contribution in [0.25, 0.3) is 11.0 Å². The number of nitrogens with zero attached hydrogens (tertiary/aromatic N) is 2. The molecule has 1 aliphatic heterocycles. The Morgan fingerprint density at radius 3 is 2.95 bits per heavy atom. The van der Waals surface area contributed by atoms with Gasteiger partial charge in [-0.3, -0.25) is 0 Å². The van der Waals surface area contributed by atoms with Gasteiger partial charge in [0.05, 0.1) is 33.6 Å². The first-order valence-corrected chi connectivity index (χ1v) is 8.16. The lowest BCUT2D eigenvalue weighted by atomic mass is 10.0. The van der Waals surface area contributed by atoms with Gasteiger partial charge in [-0.25, -0.2) is 0 Å². The number of fused-ring (bicyclic) bond motifs is 1. The van der Waals surface area contributed by atoms with Gasteiger partial charge in [-0.05, 0) is 25.3 Å². The average molecular weight is 332 g/mol. The van der Waals surface area contributed by atoms with Gasteiger partial charge in [-0.2, -0.15) is 8.75 Å². The Bertz CT molecular complexity index is 619. The van der Waals surface area contributed by atoms with Crippen molar-refractivity contribution >= 4 is 51.7 Å². The van der Waals surface area contributed by atoms with E-state index in [2.05, 4.69) is 21.0 Å². The Balaban J connectivity index is 1.89. The number of aromatic nitrogens is 2. The molecule has 4 nitrogen and oxygen atoms in total. The average Bonchev–Trinajstić information content (AvgIpc) is 2.93. The third-order valence-electron chi connectivity index (χ3n) is 3.61. The van der Waals surface area contributed by atoms with Crippen molar-refractivity contribution in [3.05, 3.63) is 16.1 Å². The van der Waals surface area contributed by atoms with E-state index >= 15 is 0 Å². The normalized spacial score (nSPS) is 23.1. The van der Waals surface area contributed by atoms with Crippen molar-refractivity contribution in [1.82, 2.24) is 8.75 Å². The molecule has 0 amide bonds. The minimum Gasteiger partial charge on any atom is -0.379 e. The van der Waals surface area contributed by atoms with Crippen molar-refractivity contribution in [2.45, 2.75) is 38.3 Å². The van der Waals surface area contributed by atoms with E-state index in [0.29, 0.717) is 27.7 Å². The number of hydrogen-bond acceptors (Lipinski definition) is 5. The molecule has 0 radical (unpaired) electrons. The van der Waals surface area contributed by atoms with Crippen LogP contribution < -0.4 is 5.32 Å². The number of ether oxygens (including phenoxy) is 1. The summed E-state index contributed by atoms with van der Waals surface area (Å²) in [5.74, 6) is 0. The number of nitrogens with one attached hydrogen (secondary N) is 1. The highest BCUT2D eigenvalue weighted by molar-refractivity contribution is 7.00. The van der Waals surface area contributed by atoms with Crippen molar-refractivity contribution in [1.29, 1.82) is 0 Å². The van der Waals surface area contributed by atoms with Crippen LogP contribution in [0.2, 0.25) is 10.0 Å². The Morgan fingerprint density at radius 1 is 1.35 bits per heavy atom. The second kappa shape index (κ2) is 6.02. The Hall–Kier alpha value is -0.620. The fourth-order valence-electron chi connectivity index (χ4n) is 2.51. The third kappa shape index (κ3) is 2.72. The summed E-state index contributed by atoms with van der Waals surface area (Å²) in [6.07, 6.45) is 3.29. The first-order valence-electron chi connectivity index (χ1n) is 6.67. The standard InChI is InChI=1S/C13H15Cl2N3OS/c1-2-8-5-7(3-4-19-8)16-11-9(14)6-10(15)12-13(11)18-20-17-12/h6-8,16H,2-5H2,1H3. The van der Waals surface area contributed by atoms with Crippen LogP contribution >= 0.6 is 34.9 Å². The molecule has 20 heavy (non-hydrogen) atoms. The van der Waals surface area contributed by atoms with Crippen LogP contribution in [0, 0.1) is 0 Å². The summed E-state index contributed by atoms with van der Waals surface area (Å²) >= 11 is 13.6. The van der Waals surface area contributed by atoms with Crippen molar-refractivity contribution in [3.63, 3.8) is 0 Å². The van der Waals surface area contributed by atoms with Crippen LogP contribution in [-0.4, -0.2) is 27.5 Å². The second-order valence-electron chi connectivity index (χ2n) is 4.94. The van der Waals surface area contributed by atoms with E-state index in [1.165, 1.54) is 0 Å². The van der Waals surface area contributed by atoms with Crippen molar-refractivity contribution in [2.75, 3.05) is 11.9 Å². The summed E-state index contributed by atoms with van der Waals surface area (Å²) in [7, 11) is 0.